The molecule has 20 heavy (non-hydrogen) atoms. The summed E-state index contributed by atoms with van der Waals surface area (Å²) in [5.74, 6) is 0.949. The Morgan fingerprint density at radius 3 is 2.60 bits per heavy atom. The van der Waals surface area contributed by atoms with Crippen LogP contribution in [0, 0.1) is 13.8 Å². The van der Waals surface area contributed by atoms with Crippen LogP contribution in [0.1, 0.15) is 36.3 Å². The van der Waals surface area contributed by atoms with Gasteiger partial charge in [-0.1, -0.05) is 5.16 Å². The van der Waals surface area contributed by atoms with Crippen molar-refractivity contribution in [1.82, 2.24) is 15.0 Å². The first kappa shape index (κ1) is 15.5. The second kappa shape index (κ2) is 7.20. The van der Waals surface area contributed by atoms with Gasteiger partial charge < -0.3 is 14.5 Å². The number of nitrogens with zero attached hydrogens (tertiary/aromatic N) is 3. The van der Waals surface area contributed by atoms with Gasteiger partial charge in [-0.25, -0.2) is 0 Å². The van der Waals surface area contributed by atoms with E-state index in [0.29, 0.717) is 6.04 Å². The summed E-state index contributed by atoms with van der Waals surface area (Å²) in [6, 6.07) is 0.655. The predicted octanol–water partition coefficient (Wildman–Crippen LogP) is 1.57. The number of aromatic nitrogens is 1. The third-order valence-electron chi connectivity index (χ3n) is 4.41. The molecule has 114 valence electrons. The van der Waals surface area contributed by atoms with E-state index >= 15 is 0 Å². The maximum absolute atomic E-state index is 8.90. The van der Waals surface area contributed by atoms with Gasteiger partial charge in [-0.3, -0.25) is 4.90 Å². The van der Waals surface area contributed by atoms with E-state index in [9.17, 15) is 0 Å². The van der Waals surface area contributed by atoms with Gasteiger partial charge in [-0.15, -0.1) is 0 Å². The fraction of sp³-hybridized carbons (Fsp3) is 0.800. The van der Waals surface area contributed by atoms with Gasteiger partial charge in [0.05, 0.1) is 5.69 Å². The molecule has 0 spiro atoms. The van der Waals surface area contributed by atoms with Crippen molar-refractivity contribution in [3.63, 3.8) is 0 Å². The fourth-order valence-electron chi connectivity index (χ4n) is 2.97. The van der Waals surface area contributed by atoms with E-state index in [2.05, 4.69) is 22.0 Å². The summed E-state index contributed by atoms with van der Waals surface area (Å²) in [5, 5.41) is 12.9. The normalized spacial score (nSPS) is 18.1. The Morgan fingerprint density at radius 1 is 1.35 bits per heavy atom. The second-order valence-electron chi connectivity index (χ2n) is 5.87. The lowest BCUT2D eigenvalue weighted by Gasteiger charge is -2.36. The summed E-state index contributed by atoms with van der Waals surface area (Å²) < 4.78 is 5.23. The third-order valence-corrected chi connectivity index (χ3v) is 4.41. The monoisotopic (exact) mass is 281 g/mol. The Bertz CT molecular complexity index is 392. The molecule has 0 radical (unpaired) electrons. The summed E-state index contributed by atoms with van der Waals surface area (Å²) in [6.45, 7) is 8.48. The van der Waals surface area contributed by atoms with Crippen molar-refractivity contribution in [1.29, 1.82) is 0 Å². The van der Waals surface area contributed by atoms with Gasteiger partial charge in [-0.05, 0) is 53.2 Å². The van der Waals surface area contributed by atoms with Crippen molar-refractivity contribution in [2.24, 2.45) is 0 Å². The first-order valence-corrected chi connectivity index (χ1v) is 7.57. The van der Waals surface area contributed by atoms with E-state index in [1.165, 1.54) is 18.4 Å². The molecule has 0 unspecified atom stereocenters. The fourth-order valence-corrected chi connectivity index (χ4v) is 2.97. The smallest absolute Gasteiger partial charge is 0.138 e. The quantitative estimate of drug-likeness (QED) is 0.858. The van der Waals surface area contributed by atoms with Gasteiger partial charge in [0, 0.05) is 31.3 Å². The molecule has 0 atom stereocenters. The average Bonchev–Trinajstić information content (AvgIpc) is 2.77. The second-order valence-corrected chi connectivity index (χ2v) is 5.87. The molecule has 2 heterocycles. The van der Waals surface area contributed by atoms with Gasteiger partial charge in [0.25, 0.3) is 0 Å². The van der Waals surface area contributed by atoms with Gasteiger partial charge in [0.2, 0.25) is 0 Å². The van der Waals surface area contributed by atoms with Gasteiger partial charge in [-0.2, -0.15) is 0 Å². The molecule has 1 saturated heterocycles. The van der Waals surface area contributed by atoms with Crippen molar-refractivity contribution in [3.8, 4) is 0 Å². The Morgan fingerprint density at radius 2 is 2.05 bits per heavy atom. The Hall–Kier alpha value is -0.910. The lowest BCUT2D eigenvalue weighted by Crippen LogP contribution is -2.43. The van der Waals surface area contributed by atoms with E-state index in [-0.39, 0.29) is 6.61 Å². The summed E-state index contributed by atoms with van der Waals surface area (Å²) in [4.78, 5) is 4.88. The number of rotatable bonds is 6. The van der Waals surface area contributed by atoms with Crippen LogP contribution >= 0.6 is 0 Å². The van der Waals surface area contributed by atoms with Gasteiger partial charge in [0.15, 0.2) is 0 Å². The Kier molecular flexibility index (Phi) is 5.57. The molecule has 0 amide bonds. The van der Waals surface area contributed by atoms with Crippen molar-refractivity contribution >= 4 is 0 Å². The number of piperidine rings is 1. The molecule has 5 heteroatoms. The molecule has 0 aromatic carbocycles. The Labute approximate surface area is 121 Å². The van der Waals surface area contributed by atoms with Crippen LogP contribution in [0.25, 0.3) is 0 Å². The first-order valence-electron chi connectivity index (χ1n) is 7.57. The van der Waals surface area contributed by atoms with E-state index in [1.807, 2.05) is 13.8 Å². The number of likely N-dealkylation sites (tertiary alicyclic amines) is 1. The van der Waals surface area contributed by atoms with Crippen LogP contribution in [0.2, 0.25) is 0 Å². The highest BCUT2D eigenvalue weighted by Crippen LogP contribution is 2.20. The van der Waals surface area contributed by atoms with Crippen LogP contribution in [-0.2, 0) is 6.54 Å². The Balaban J connectivity index is 1.80. The minimum absolute atomic E-state index is 0.287. The van der Waals surface area contributed by atoms with E-state index in [4.69, 9.17) is 9.63 Å². The zero-order valence-electron chi connectivity index (χ0n) is 12.9. The van der Waals surface area contributed by atoms with Crippen molar-refractivity contribution < 1.29 is 9.63 Å². The molecule has 2 rings (SSSR count). The van der Waals surface area contributed by atoms with Crippen LogP contribution in [0.15, 0.2) is 4.52 Å². The highest BCUT2D eigenvalue weighted by molar-refractivity contribution is 5.20. The molecule has 1 N–H and O–H groups in total. The molecule has 1 aliphatic rings. The first-order chi connectivity index (χ1) is 9.61. The van der Waals surface area contributed by atoms with Crippen molar-refractivity contribution in [3.05, 3.63) is 17.0 Å². The van der Waals surface area contributed by atoms with Crippen LogP contribution in [0.4, 0.5) is 0 Å². The maximum Gasteiger partial charge on any atom is 0.138 e. The molecule has 0 bridgehead atoms. The molecule has 1 aliphatic heterocycles. The number of aliphatic hydroxyl groups is 1. The molecule has 1 aromatic heterocycles. The highest BCUT2D eigenvalue weighted by atomic mass is 16.5. The molecular weight excluding hydrogens is 254 g/mol. The topological polar surface area (TPSA) is 52.7 Å². The third kappa shape index (κ3) is 3.81. The number of aryl methyl sites for hydroxylation is 2. The minimum atomic E-state index is 0.287. The van der Waals surface area contributed by atoms with Crippen LogP contribution in [0.3, 0.4) is 0 Å². The highest BCUT2D eigenvalue weighted by Gasteiger charge is 2.23. The van der Waals surface area contributed by atoms with Crippen molar-refractivity contribution in [2.75, 3.05) is 33.3 Å². The lowest BCUT2D eigenvalue weighted by molar-refractivity contribution is 0.117. The molecule has 5 nitrogen and oxygen atoms in total. The van der Waals surface area contributed by atoms with Crippen molar-refractivity contribution in [2.45, 2.75) is 45.7 Å². The van der Waals surface area contributed by atoms with Crippen LogP contribution < -0.4 is 0 Å². The molecule has 0 saturated carbocycles. The van der Waals surface area contributed by atoms with E-state index in [0.717, 1.165) is 44.1 Å². The number of aliphatic hydroxyl groups excluding tert-OH is 1. The predicted molar refractivity (Wildman–Crippen MR) is 78.6 cm³/mol. The average molecular weight is 281 g/mol. The molecule has 1 aromatic rings. The largest absolute Gasteiger partial charge is 0.396 e. The zero-order chi connectivity index (χ0) is 14.5. The van der Waals surface area contributed by atoms with E-state index in [1.54, 1.807) is 0 Å². The van der Waals surface area contributed by atoms with Gasteiger partial charge in [0.1, 0.15) is 5.76 Å². The summed E-state index contributed by atoms with van der Waals surface area (Å²) in [6.07, 6.45) is 3.27. The van der Waals surface area contributed by atoms with E-state index < -0.39 is 0 Å². The molecule has 1 fully saturated rings. The molecule has 0 aliphatic carbocycles. The summed E-state index contributed by atoms with van der Waals surface area (Å²) >= 11 is 0. The summed E-state index contributed by atoms with van der Waals surface area (Å²) in [5.41, 5.74) is 2.27. The minimum Gasteiger partial charge on any atom is -0.396 e. The number of hydrogen-bond acceptors (Lipinski definition) is 5. The standard InChI is InChI=1S/C15H27N3O2/c1-12-15(13(2)20-16-12)11-18-8-5-14(6-9-18)17(3)7-4-10-19/h14,19H,4-11H2,1-3H3. The lowest BCUT2D eigenvalue weighted by atomic mass is 10.0. The van der Waals surface area contributed by atoms with Crippen LogP contribution in [-0.4, -0.2) is 59.4 Å². The maximum atomic E-state index is 8.90. The SMILES string of the molecule is Cc1noc(C)c1CN1CCC(N(C)CCCO)CC1. The summed E-state index contributed by atoms with van der Waals surface area (Å²) in [7, 11) is 2.17. The number of hydrogen-bond donors (Lipinski definition) is 1. The zero-order valence-corrected chi connectivity index (χ0v) is 12.9. The van der Waals surface area contributed by atoms with Gasteiger partial charge >= 0.3 is 0 Å². The molecular formula is C15H27N3O2. The van der Waals surface area contributed by atoms with Crippen LogP contribution in [0.5, 0.6) is 0 Å².